The molecule has 1 aliphatic heterocycles. The smallest absolute Gasteiger partial charge is 0.0408 e. The Morgan fingerprint density at radius 2 is 1.83 bits per heavy atom. The van der Waals surface area contributed by atoms with Gasteiger partial charge in [0.05, 0.1) is 0 Å². The van der Waals surface area contributed by atoms with E-state index in [4.69, 9.17) is 11.6 Å². The Bertz CT molecular complexity index is 644. The Labute approximate surface area is 151 Å². The van der Waals surface area contributed by atoms with E-state index in [2.05, 4.69) is 60.0 Å². The molecule has 0 spiro atoms. The summed E-state index contributed by atoms with van der Waals surface area (Å²) in [7, 11) is 0. The molecule has 0 amide bonds. The summed E-state index contributed by atoms with van der Waals surface area (Å²) in [5, 5.41) is 0.806. The van der Waals surface area contributed by atoms with E-state index in [0.717, 1.165) is 17.5 Å². The lowest BCUT2D eigenvalue weighted by Gasteiger charge is -2.34. The number of nitrogens with zero attached hydrogens (tertiary/aromatic N) is 1. The van der Waals surface area contributed by atoms with Crippen LogP contribution in [0.5, 0.6) is 0 Å². The molecule has 1 fully saturated rings. The van der Waals surface area contributed by atoms with Crippen molar-refractivity contribution in [1.29, 1.82) is 0 Å². The first-order chi connectivity index (χ1) is 11.7. The summed E-state index contributed by atoms with van der Waals surface area (Å²) in [6.45, 7) is 7.44. The molecular formula is C22H26ClN. The summed E-state index contributed by atoms with van der Waals surface area (Å²) in [5.41, 5.74) is 2.74. The third-order valence-corrected chi connectivity index (χ3v) is 5.33. The molecule has 1 atom stereocenters. The largest absolute Gasteiger partial charge is 0.302 e. The number of hydrogen-bond acceptors (Lipinski definition) is 1. The van der Waals surface area contributed by atoms with Gasteiger partial charge in [-0.05, 0) is 61.5 Å². The molecule has 2 heteroatoms. The van der Waals surface area contributed by atoms with Gasteiger partial charge in [0.15, 0.2) is 0 Å². The summed E-state index contributed by atoms with van der Waals surface area (Å²) >= 11 is 6.14. The third kappa shape index (κ3) is 4.72. The maximum absolute atomic E-state index is 6.14. The van der Waals surface area contributed by atoms with Crippen molar-refractivity contribution in [3.63, 3.8) is 0 Å². The number of halogens is 1. The van der Waals surface area contributed by atoms with Crippen molar-refractivity contribution < 1.29 is 0 Å². The molecule has 1 nitrogen and oxygen atoms in total. The Kier molecular flexibility index (Phi) is 6.12. The van der Waals surface area contributed by atoms with E-state index < -0.39 is 0 Å². The van der Waals surface area contributed by atoms with E-state index in [1.807, 2.05) is 12.1 Å². The van der Waals surface area contributed by atoms with Gasteiger partial charge in [0.2, 0.25) is 0 Å². The zero-order valence-corrected chi connectivity index (χ0v) is 15.0. The monoisotopic (exact) mass is 339 g/mol. The minimum absolute atomic E-state index is 0.356. The van der Waals surface area contributed by atoms with Crippen LogP contribution in [0.1, 0.15) is 29.9 Å². The summed E-state index contributed by atoms with van der Waals surface area (Å²) in [5.74, 6) is 1.17. The molecule has 3 rings (SSSR count). The minimum Gasteiger partial charge on any atom is -0.302 e. The highest BCUT2D eigenvalue weighted by Gasteiger charge is 2.21. The van der Waals surface area contributed by atoms with Gasteiger partial charge >= 0.3 is 0 Å². The average Bonchev–Trinajstić information content (AvgIpc) is 2.62. The second kappa shape index (κ2) is 8.50. The van der Waals surface area contributed by atoms with Gasteiger partial charge in [-0.3, -0.25) is 0 Å². The first-order valence-corrected chi connectivity index (χ1v) is 9.26. The van der Waals surface area contributed by atoms with Crippen LogP contribution in [-0.2, 0) is 6.42 Å². The Morgan fingerprint density at radius 3 is 2.50 bits per heavy atom. The third-order valence-electron chi connectivity index (χ3n) is 5.09. The summed E-state index contributed by atoms with van der Waals surface area (Å²) < 4.78 is 0. The lowest BCUT2D eigenvalue weighted by atomic mass is 9.89. The van der Waals surface area contributed by atoms with Gasteiger partial charge in [0, 0.05) is 17.5 Å². The highest BCUT2D eigenvalue weighted by Crippen LogP contribution is 2.26. The second-order valence-electron chi connectivity index (χ2n) is 6.83. The zero-order valence-electron chi connectivity index (χ0n) is 14.2. The van der Waals surface area contributed by atoms with E-state index in [-0.39, 0.29) is 0 Å². The Balaban J connectivity index is 1.52. The van der Waals surface area contributed by atoms with Crippen molar-refractivity contribution in [2.45, 2.75) is 25.2 Å². The van der Waals surface area contributed by atoms with E-state index in [9.17, 15) is 0 Å². The first kappa shape index (κ1) is 17.3. The standard InChI is InChI=1S/C22H26ClN/c1-2-20(21-9-6-10-22(23)16-21)17-24-13-11-19(12-14-24)15-18-7-4-3-5-8-18/h2-10,16,19-20H,1,11-15,17H2. The Hall–Kier alpha value is -1.57. The van der Waals surface area contributed by atoms with Crippen molar-refractivity contribution in [3.05, 3.63) is 83.4 Å². The van der Waals surface area contributed by atoms with Crippen LogP contribution < -0.4 is 0 Å². The molecule has 2 aromatic rings. The van der Waals surface area contributed by atoms with Gasteiger partial charge in [-0.2, -0.15) is 0 Å². The number of likely N-dealkylation sites (tertiary alicyclic amines) is 1. The lowest BCUT2D eigenvalue weighted by molar-refractivity contribution is 0.180. The summed E-state index contributed by atoms with van der Waals surface area (Å²) in [6, 6.07) is 19.1. The molecule has 0 radical (unpaired) electrons. The molecule has 1 heterocycles. The molecule has 0 aromatic heterocycles. The van der Waals surface area contributed by atoms with E-state index in [1.165, 1.54) is 43.5 Å². The molecule has 1 saturated heterocycles. The van der Waals surface area contributed by atoms with Crippen molar-refractivity contribution in [1.82, 2.24) is 4.90 Å². The average molecular weight is 340 g/mol. The molecule has 0 N–H and O–H groups in total. The van der Waals surface area contributed by atoms with Crippen LogP contribution in [0, 0.1) is 5.92 Å². The van der Waals surface area contributed by atoms with Crippen molar-refractivity contribution in [2.75, 3.05) is 19.6 Å². The lowest BCUT2D eigenvalue weighted by Crippen LogP contribution is -2.36. The highest BCUT2D eigenvalue weighted by atomic mass is 35.5. The number of piperidine rings is 1. The first-order valence-electron chi connectivity index (χ1n) is 8.89. The van der Waals surface area contributed by atoms with Crippen LogP contribution >= 0.6 is 11.6 Å². The molecule has 1 aliphatic rings. The maximum Gasteiger partial charge on any atom is 0.0408 e. The molecular weight excluding hydrogens is 314 g/mol. The van der Waals surface area contributed by atoms with Crippen LogP contribution in [0.25, 0.3) is 0 Å². The zero-order chi connectivity index (χ0) is 16.8. The van der Waals surface area contributed by atoms with Crippen molar-refractivity contribution >= 4 is 11.6 Å². The molecule has 0 saturated carbocycles. The van der Waals surface area contributed by atoms with Gasteiger partial charge in [-0.15, -0.1) is 6.58 Å². The summed E-state index contributed by atoms with van der Waals surface area (Å²) in [4.78, 5) is 2.58. The molecule has 2 aromatic carbocycles. The van der Waals surface area contributed by atoms with Gasteiger partial charge < -0.3 is 4.90 Å². The molecule has 126 valence electrons. The van der Waals surface area contributed by atoms with Gasteiger partial charge in [-0.25, -0.2) is 0 Å². The molecule has 1 unspecified atom stereocenters. The topological polar surface area (TPSA) is 3.24 Å². The van der Waals surface area contributed by atoms with Crippen molar-refractivity contribution in [2.24, 2.45) is 5.92 Å². The van der Waals surface area contributed by atoms with Gasteiger partial charge in [0.1, 0.15) is 0 Å². The van der Waals surface area contributed by atoms with Gasteiger partial charge in [0.25, 0.3) is 0 Å². The van der Waals surface area contributed by atoms with Crippen LogP contribution in [0.4, 0.5) is 0 Å². The Morgan fingerprint density at radius 1 is 1.08 bits per heavy atom. The fraction of sp³-hybridized carbons (Fsp3) is 0.364. The van der Waals surface area contributed by atoms with E-state index >= 15 is 0 Å². The van der Waals surface area contributed by atoms with Crippen LogP contribution in [0.2, 0.25) is 5.02 Å². The van der Waals surface area contributed by atoms with E-state index in [1.54, 1.807) is 0 Å². The maximum atomic E-state index is 6.14. The number of hydrogen-bond donors (Lipinski definition) is 0. The normalized spacial score (nSPS) is 17.5. The fourth-order valence-electron chi connectivity index (χ4n) is 3.65. The van der Waals surface area contributed by atoms with Crippen LogP contribution in [0.3, 0.4) is 0 Å². The van der Waals surface area contributed by atoms with E-state index in [0.29, 0.717) is 5.92 Å². The SMILES string of the molecule is C=CC(CN1CCC(Cc2ccccc2)CC1)c1cccc(Cl)c1. The predicted molar refractivity (Wildman–Crippen MR) is 104 cm³/mol. The van der Waals surface area contributed by atoms with Crippen molar-refractivity contribution in [3.8, 4) is 0 Å². The molecule has 24 heavy (non-hydrogen) atoms. The summed E-state index contributed by atoms with van der Waals surface area (Å²) in [6.07, 6.45) is 5.85. The molecule has 0 aliphatic carbocycles. The second-order valence-corrected chi connectivity index (χ2v) is 7.27. The van der Waals surface area contributed by atoms with Crippen LogP contribution in [-0.4, -0.2) is 24.5 Å². The number of benzene rings is 2. The fourth-order valence-corrected chi connectivity index (χ4v) is 3.85. The predicted octanol–water partition coefficient (Wildman–Crippen LogP) is 5.56. The number of rotatable bonds is 6. The van der Waals surface area contributed by atoms with Crippen LogP contribution in [0.15, 0.2) is 67.3 Å². The highest BCUT2D eigenvalue weighted by molar-refractivity contribution is 6.30. The quantitative estimate of drug-likeness (QED) is 0.622. The minimum atomic E-state index is 0.356. The van der Waals surface area contributed by atoms with Gasteiger partial charge in [-0.1, -0.05) is 60.1 Å². The molecule has 0 bridgehead atoms.